The number of imidazole rings is 1. The van der Waals surface area contributed by atoms with Gasteiger partial charge in [-0.25, -0.2) is 9.37 Å². The summed E-state index contributed by atoms with van der Waals surface area (Å²) in [5.41, 5.74) is 2.13. The molecule has 1 aromatic carbocycles. The Kier molecular flexibility index (Phi) is 5.04. The molecule has 2 aromatic heterocycles. The molecule has 5 nitrogen and oxygen atoms in total. The SMILES string of the molecule is C#Cc1ccc(=O)n(CC(=O)c2nc(C)n(Cc3ccc(F)cc3)c2C)c1. The highest BCUT2D eigenvalue weighted by molar-refractivity contribution is 5.95. The summed E-state index contributed by atoms with van der Waals surface area (Å²) in [5, 5.41) is 0. The zero-order valence-corrected chi connectivity index (χ0v) is 15.1. The van der Waals surface area contributed by atoms with E-state index in [4.69, 9.17) is 6.42 Å². The molecule has 27 heavy (non-hydrogen) atoms. The van der Waals surface area contributed by atoms with Crippen LogP contribution in [-0.2, 0) is 13.1 Å². The maximum Gasteiger partial charge on any atom is 0.251 e. The highest BCUT2D eigenvalue weighted by atomic mass is 19.1. The van der Waals surface area contributed by atoms with Gasteiger partial charge in [0.25, 0.3) is 5.56 Å². The van der Waals surface area contributed by atoms with Gasteiger partial charge in [-0.2, -0.15) is 0 Å². The van der Waals surface area contributed by atoms with Crippen LogP contribution < -0.4 is 5.56 Å². The predicted octanol–water partition coefficient (Wildman–Crippen LogP) is 2.71. The minimum Gasteiger partial charge on any atom is -0.327 e. The van der Waals surface area contributed by atoms with E-state index in [0.717, 1.165) is 5.56 Å². The van der Waals surface area contributed by atoms with E-state index in [2.05, 4.69) is 10.9 Å². The average molecular weight is 363 g/mol. The lowest BCUT2D eigenvalue weighted by Crippen LogP contribution is -2.24. The number of pyridine rings is 1. The number of terminal acetylenes is 1. The van der Waals surface area contributed by atoms with Crippen molar-refractivity contribution in [2.24, 2.45) is 0 Å². The average Bonchev–Trinajstić information content (AvgIpc) is 2.93. The van der Waals surface area contributed by atoms with E-state index in [1.165, 1.54) is 35.0 Å². The normalized spacial score (nSPS) is 10.6. The number of aryl methyl sites for hydroxylation is 1. The molecule has 2 heterocycles. The number of hydrogen-bond donors (Lipinski definition) is 0. The third-order valence-corrected chi connectivity index (χ3v) is 4.39. The Morgan fingerprint density at radius 3 is 2.56 bits per heavy atom. The highest BCUT2D eigenvalue weighted by Gasteiger charge is 2.18. The lowest BCUT2D eigenvalue weighted by Gasteiger charge is -2.09. The lowest BCUT2D eigenvalue weighted by molar-refractivity contribution is 0.0965. The first-order valence-corrected chi connectivity index (χ1v) is 8.37. The Bertz CT molecular complexity index is 1100. The first-order chi connectivity index (χ1) is 12.9. The lowest BCUT2D eigenvalue weighted by atomic mass is 10.2. The second-order valence-electron chi connectivity index (χ2n) is 6.26. The molecule has 0 bridgehead atoms. The third kappa shape index (κ3) is 3.87. The van der Waals surface area contributed by atoms with Crippen LogP contribution in [0.3, 0.4) is 0 Å². The van der Waals surface area contributed by atoms with Gasteiger partial charge in [-0.3, -0.25) is 9.59 Å². The molecule has 0 radical (unpaired) electrons. The van der Waals surface area contributed by atoms with Gasteiger partial charge in [-0.1, -0.05) is 18.1 Å². The van der Waals surface area contributed by atoms with Crippen LogP contribution in [-0.4, -0.2) is 19.9 Å². The molecule has 3 rings (SSSR count). The topological polar surface area (TPSA) is 56.9 Å². The Morgan fingerprint density at radius 2 is 1.89 bits per heavy atom. The number of carbonyl (C=O) groups is 1. The Labute approximate surface area is 156 Å². The molecule has 3 aromatic rings. The number of carbonyl (C=O) groups excluding carboxylic acids is 1. The van der Waals surface area contributed by atoms with Crippen molar-refractivity contribution in [2.75, 3.05) is 0 Å². The van der Waals surface area contributed by atoms with Gasteiger partial charge in [0.05, 0.1) is 6.54 Å². The van der Waals surface area contributed by atoms with Crippen LogP contribution in [0.4, 0.5) is 4.39 Å². The fourth-order valence-electron chi connectivity index (χ4n) is 2.91. The van der Waals surface area contributed by atoms with E-state index in [-0.39, 0.29) is 23.7 Å². The molecule has 0 atom stereocenters. The van der Waals surface area contributed by atoms with Gasteiger partial charge in [0.1, 0.15) is 17.3 Å². The molecule has 0 fully saturated rings. The van der Waals surface area contributed by atoms with Gasteiger partial charge in [-0.05, 0) is 37.6 Å². The van der Waals surface area contributed by atoms with Gasteiger partial charge < -0.3 is 9.13 Å². The summed E-state index contributed by atoms with van der Waals surface area (Å²) in [6.45, 7) is 3.95. The van der Waals surface area contributed by atoms with Crippen molar-refractivity contribution in [3.8, 4) is 12.3 Å². The fraction of sp³-hybridized carbons (Fsp3) is 0.190. The number of aromatic nitrogens is 3. The van der Waals surface area contributed by atoms with Crippen LogP contribution in [0.15, 0.2) is 47.4 Å². The van der Waals surface area contributed by atoms with E-state index in [1.54, 1.807) is 26.0 Å². The Hall–Kier alpha value is -3.46. The predicted molar refractivity (Wildman–Crippen MR) is 100 cm³/mol. The molecule has 0 saturated carbocycles. The van der Waals surface area contributed by atoms with Crippen molar-refractivity contribution >= 4 is 5.78 Å². The number of rotatable bonds is 5. The van der Waals surface area contributed by atoms with Gasteiger partial charge >= 0.3 is 0 Å². The number of nitrogens with zero attached hydrogens (tertiary/aromatic N) is 3. The first kappa shape index (κ1) is 18.3. The van der Waals surface area contributed by atoms with Crippen LogP contribution in [0.5, 0.6) is 0 Å². The van der Waals surface area contributed by atoms with Crippen molar-refractivity contribution in [1.82, 2.24) is 14.1 Å². The molecule has 0 spiro atoms. The standard InChI is InChI=1S/C21H18FN3O2/c1-4-16-7-10-20(27)24(11-16)13-19(26)21-14(2)25(15(3)23-21)12-17-5-8-18(22)9-6-17/h1,5-11H,12-13H2,2-3H3. The zero-order valence-electron chi connectivity index (χ0n) is 15.1. The van der Waals surface area contributed by atoms with Crippen LogP contribution in [0.2, 0.25) is 0 Å². The molecule has 0 aliphatic carbocycles. The van der Waals surface area contributed by atoms with Gasteiger partial charge in [-0.15, -0.1) is 6.42 Å². The third-order valence-electron chi connectivity index (χ3n) is 4.39. The molecular formula is C21H18FN3O2. The maximum absolute atomic E-state index is 13.1. The van der Waals surface area contributed by atoms with Crippen molar-refractivity contribution < 1.29 is 9.18 Å². The van der Waals surface area contributed by atoms with Gasteiger partial charge in [0.15, 0.2) is 0 Å². The summed E-state index contributed by atoms with van der Waals surface area (Å²) in [6, 6.07) is 9.06. The first-order valence-electron chi connectivity index (χ1n) is 8.37. The largest absolute Gasteiger partial charge is 0.327 e. The summed E-state index contributed by atoms with van der Waals surface area (Å²) < 4.78 is 16.3. The van der Waals surface area contributed by atoms with E-state index < -0.39 is 0 Å². The highest BCUT2D eigenvalue weighted by Crippen LogP contribution is 2.15. The van der Waals surface area contributed by atoms with E-state index >= 15 is 0 Å². The molecule has 0 unspecified atom stereocenters. The van der Waals surface area contributed by atoms with E-state index in [0.29, 0.717) is 29.3 Å². The van der Waals surface area contributed by atoms with Gasteiger partial charge in [0.2, 0.25) is 5.78 Å². The quantitative estimate of drug-likeness (QED) is 0.517. The molecule has 0 amide bonds. The number of hydrogen-bond acceptors (Lipinski definition) is 3. The van der Waals surface area contributed by atoms with Crippen LogP contribution in [0, 0.1) is 32.0 Å². The number of halogens is 1. The summed E-state index contributed by atoms with van der Waals surface area (Å²) in [6.07, 6.45) is 6.84. The summed E-state index contributed by atoms with van der Waals surface area (Å²) >= 11 is 0. The molecule has 0 aliphatic heterocycles. The molecule has 6 heteroatoms. The molecular weight excluding hydrogens is 345 g/mol. The van der Waals surface area contributed by atoms with Crippen molar-refractivity contribution in [3.63, 3.8) is 0 Å². The van der Waals surface area contributed by atoms with Crippen molar-refractivity contribution in [2.45, 2.75) is 26.9 Å². The molecule has 0 saturated heterocycles. The fourth-order valence-corrected chi connectivity index (χ4v) is 2.91. The number of ketones is 1. The molecule has 0 aliphatic rings. The minimum atomic E-state index is -0.303. The van der Waals surface area contributed by atoms with Crippen LogP contribution in [0.1, 0.15) is 33.1 Å². The van der Waals surface area contributed by atoms with Crippen LogP contribution >= 0.6 is 0 Å². The second kappa shape index (κ2) is 7.42. The number of Topliss-reactive ketones (excluding diaryl/α,β-unsaturated/α-hetero) is 1. The van der Waals surface area contributed by atoms with Crippen LogP contribution in [0.25, 0.3) is 0 Å². The molecule has 136 valence electrons. The van der Waals surface area contributed by atoms with E-state index in [9.17, 15) is 14.0 Å². The summed E-state index contributed by atoms with van der Waals surface area (Å²) in [4.78, 5) is 29.1. The number of benzene rings is 1. The summed E-state index contributed by atoms with van der Waals surface area (Å²) in [5.74, 6) is 2.55. The monoisotopic (exact) mass is 363 g/mol. The molecule has 0 N–H and O–H groups in total. The minimum absolute atomic E-state index is 0.137. The Morgan fingerprint density at radius 1 is 1.19 bits per heavy atom. The Balaban J connectivity index is 1.87. The maximum atomic E-state index is 13.1. The zero-order chi connectivity index (χ0) is 19.6. The van der Waals surface area contributed by atoms with Gasteiger partial charge in [0, 0.05) is 30.1 Å². The summed E-state index contributed by atoms with van der Waals surface area (Å²) in [7, 11) is 0. The second-order valence-corrected chi connectivity index (χ2v) is 6.26. The van der Waals surface area contributed by atoms with E-state index in [1.807, 2.05) is 4.57 Å². The smallest absolute Gasteiger partial charge is 0.251 e. The van der Waals surface area contributed by atoms with Crippen molar-refractivity contribution in [1.29, 1.82) is 0 Å². The van der Waals surface area contributed by atoms with Crippen molar-refractivity contribution in [3.05, 3.63) is 87.1 Å².